The Bertz CT molecular complexity index is 385. The lowest BCUT2D eigenvalue weighted by Gasteiger charge is -2.20. The van der Waals surface area contributed by atoms with Gasteiger partial charge < -0.3 is 5.73 Å². The van der Waals surface area contributed by atoms with Gasteiger partial charge in [0.15, 0.2) is 0 Å². The van der Waals surface area contributed by atoms with Crippen LogP contribution < -0.4 is 5.73 Å². The van der Waals surface area contributed by atoms with E-state index in [0.29, 0.717) is 0 Å². The van der Waals surface area contributed by atoms with Crippen molar-refractivity contribution in [1.82, 2.24) is 0 Å². The van der Waals surface area contributed by atoms with Gasteiger partial charge in [-0.05, 0) is 35.1 Å². The molecule has 0 saturated carbocycles. The van der Waals surface area contributed by atoms with Crippen LogP contribution in [0.4, 0.5) is 0 Å². The summed E-state index contributed by atoms with van der Waals surface area (Å²) in [6.45, 7) is 4.31. The van der Waals surface area contributed by atoms with Gasteiger partial charge in [-0.25, -0.2) is 0 Å². The van der Waals surface area contributed by atoms with Crippen LogP contribution in [0.5, 0.6) is 0 Å². The molecule has 2 rings (SSSR count). The normalized spacial score (nSPS) is 23.6. The lowest BCUT2D eigenvalue weighted by molar-refractivity contribution is 0.481. The molecule has 1 aliphatic carbocycles. The first-order valence-electron chi connectivity index (χ1n) is 4.67. The lowest BCUT2D eigenvalue weighted by Crippen LogP contribution is -2.14. The zero-order valence-corrected chi connectivity index (χ0v) is 9.78. The zero-order chi connectivity index (χ0) is 10.5. The molecule has 1 aromatic rings. The zero-order valence-electron chi connectivity index (χ0n) is 8.27. The number of nitrogens with two attached hydrogens (primary N) is 1. The molecule has 14 heavy (non-hydrogen) atoms. The maximum Gasteiger partial charge on any atom is 0.0457 e. The number of hydrogen-bond acceptors (Lipinski definition) is 1. The van der Waals surface area contributed by atoms with Crippen LogP contribution in [0.3, 0.4) is 0 Å². The Balaban J connectivity index is 2.73. The van der Waals surface area contributed by atoms with Gasteiger partial charge >= 0.3 is 0 Å². The Morgan fingerprint density at radius 2 is 1.86 bits per heavy atom. The van der Waals surface area contributed by atoms with Crippen LogP contribution in [-0.2, 0) is 5.41 Å². The Labute approximate surface area is 94.2 Å². The summed E-state index contributed by atoms with van der Waals surface area (Å²) in [7, 11) is 0. The van der Waals surface area contributed by atoms with Crippen molar-refractivity contribution in [3.05, 3.63) is 33.3 Å². The second-order valence-corrected chi connectivity index (χ2v) is 5.33. The molecule has 0 heterocycles. The Morgan fingerprint density at radius 3 is 2.43 bits per heavy atom. The Kier molecular flexibility index (Phi) is 2.30. The van der Waals surface area contributed by atoms with Crippen molar-refractivity contribution in [1.29, 1.82) is 0 Å². The molecule has 0 radical (unpaired) electrons. The molecule has 0 aliphatic heterocycles. The molecule has 0 fully saturated rings. The SMILES string of the molecule is CC1(C)C[C@H](N)c2c(Cl)ccc(Cl)c21. The van der Waals surface area contributed by atoms with Crippen LogP contribution in [0.1, 0.15) is 37.4 Å². The molecule has 1 nitrogen and oxygen atoms in total. The molecule has 2 N–H and O–H groups in total. The van der Waals surface area contributed by atoms with Crippen molar-refractivity contribution < 1.29 is 0 Å². The van der Waals surface area contributed by atoms with E-state index in [9.17, 15) is 0 Å². The van der Waals surface area contributed by atoms with Crippen molar-refractivity contribution in [2.45, 2.75) is 31.7 Å². The standard InChI is InChI=1S/C11H13Cl2N/c1-11(2)5-8(14)9-6(12)3-4-7(13)10(9)11/h3-4,8H,5,14H2,1-2H3/t8-/m0/s1. The van der Waals surface area contributed by atoms with Crippen molar-refractivity contribution >= 4 is 23.2 Å². The van der Waals surface area contributed by atoms with E-state index in [4.69, 9.17) is 28.9 Å². The van der Waals surface area contributed by atoms with Crippen molar-refractivity contribution in [3.8, 4) is 0 Å². The highest BCUT2D eigenvalue weighted by Gasteiger charge is 2.38. The number of fused-ring (bicyclic) bond motifs is 1. The third-order valence-electron chi connectivity index (χ3n) is 2.92. The summed E-state index contributed by atoms with van der Waals surface area (Å²) in [6.07, 6.45) is 0.909. The molecule has 1 aliphatic rings. The monoisotopic (exact) mass is 229 g/mol. The summed E-state index contributed by atoms with van der Waals surface area (Å²) >= 11 is 12.3. The largest absolute Gasteiger partial charge is 0.324 e. The van der Waals surface area contributed by atoms with Gasteiger partial charge in [-0.1, -0.05) is 37.0 Å². The maximum absolute atomic E-state index is 6.18. The third-order valence-corrected chi connectivity index (χ3v) is 3.56. The van der Waals surface area contributed by atoms with E-state index in [2.05, 4.69) is 13.8 Å². The van der Waals surface area contributed by atoms with Crippen LogP contribution in [-0.4, -0.2) is 0 Å². The fourth-order valence-electron chi connectivity index (χ4n) is 2.37. The first-order valence-corrected chi connectivity index (χ1v) is 5.43. The minimum absolute atomic E-state index is 0.0196. The average Bonchev–Trinajstić information content (AvgIpc) is 2.30. The summed E-state index contributed by atoms with van der Waals surface area (Å²) in [4.78, 5) is 0. The van der Waals surface area contributed by atoms with Crippen LogP contribution in [0.15, 0.2) is 12.1 Å². The second-order valence-electron chi connectivity index (χ2n) is 4.51. The topological polar surface area (TPSA) is 26.0 Å². The van der Waals surface area contributed by atoms with E-state index in [1.807, 2.05) is 12.1 Å². The van der Waals surface area contributed by atoms with E-state index >= 15 is 0 Å². The smallest absolute Gasteiger partial charge is 0.0457 e. The fourth-order valence-corrected chi connectivity index (χ4v) is 3.09. The van der Waals surface area contributed by atoms with Gasteiger partial charge in [-0.3, -0.25) is 0 Å². The van der Waals surface area contributed by atoms with Crippen LogP contribution in [0, 0.1) is 0 Å². The maximum atomic E-state index is 6.18. The molecular weight excluding hydrogens is 217 g/mol. The summed E-state index contributed by atoms with van der Waals surface area (Å²) in [6, 6.07) is 3.69. The van der Waals surface area contributed by atoms with E-state index in [1.54, 1.807) is 0 Å². The molecule has 0 spiro atoms. The molecule has 0 amide bonds. The second kappa shape index (κ2) is 3.13. The predicted molar refractivity (Wildman–Crippen MR) is 61.0 cm³/mol. The highest BCUT2D eigenvalue weighted by atomic mass is 35.5. The molecule has 76 valence electrons. The first-order chi connectivity index (χ1) is 6.43. The lowest BCUT2D eigenvalue weighted by atomic mass is 9.86. The summed E-state index contributed by atoms with van der Waals surface area (Å²) < 4.78 is 0. The van der Waals surface area contributed by atoms with E-state index < -0.39 is 0 Å². The molecule has 0 aromatic heterocycles. The highest BCUT2D eigenvalue weighted by Crippen LogP contribution is 2.49. The van der Waals surface area contributed by atoms with Crippen LogP contribution in [0.2, 0.25) is 10.0 Å². The van der Waals surface area contributed by atoms with Gasteiger partial charge in [0, 0.05) is 16.1 Å². The van der Waals surface area contributed by atoms with Crippen LogP contribution in [0.25, 0.3) is 0 Å². The molecule has 1 atom stereocenters. The number of benzene rings is 1. The highest BCUT2D eigenvalue weighted by molar-refractivity contribution is 6.34. The molecule has 0 bridgehead atoms. The summed E-state index contributed by atoms with van der Waals surface area (Å²) in [5.41, 5.74) is 8.24. The summed E-state index contributed by atoms with van der Waals surface area (Å²) in [5, 5.41) is 1.52. The Morgan fingerprint density at radius 1 is 1.29 bits per heavy atom. The molecule has 0 saturated heterocycles. The van der Waals surface area contributed by atoms with Gasteiger partial charge in [0.05, 0.1) is 0 Å². The van der Waals surface area contributed by atoms with Crippen molar-refractivity contribution in [3.63, 3.8) is 0 Å². The van der Waals surface area contributed by atoms with Crippen molar-refractivity contribution in [2.24, 2.45) is 5.73 Å². The van der Waals surface area contributed by atoms with Crippen LogP contribution >= 0.6 is 23.2 Å². The minimum Gasteiger partial charge on any atom is -0.324 e. The minimum atomic E-state index is 0.0196. The predicted octanol–water partition coefficient (Wildman–Crippen LogP) is 3.67. The van der Waals surface area contributed by atoms with Gasteiger partial charge in [-0.2, -0.15) is 0 Å². The van der Waals surface area contributed by atoms with E-state index in [-0.39, 0.29) is 11.5 Å². The van der Waals surface area contributed by atoms with Crippen molar-refractivity contribution in [2.75, 3.05) is 0 Å². The van der Waals surface area contributed by atoms with Gasteiger partial charge in [0.1, 0.15) is 0 Å². The Hall–Kier alpha value is -0.240. The van der Waals surface area contributed by atoms with Gasteiger partial charge in [0.25, 0.3) is 0 Å². The molecule has 1 aromatic carbocycles. The average molecular weight is 230 g/mol. The quantitative estimate of drug-likeness (QED) is 0.722. The number of hydrogen-bond donors (Lipinski definition) is 1. The molecule has 3 heteroatoms. The summed E-state index contributed by atoms with van der Waals surface area (Å²) in [5.74, 6) is 0. The third kappa shape index (κ3) is 1.35. The van der Waals surface area contributed by atoms with E-state index in [1.165, 1.54) is 0 Å². The number of halogens is 2. The van der Waals surface area contributed by atoms with E-state index in [0.717, 1.165) is 27.6 Å². The van der Waals surface area contributed by atoms with Gasteiger partial charge in [0.2, 0.25) is 0 Å². The number of rotatable bonds is 0. The first kappa shape index (κ1) is 10.3. The molecule has 0 unspecified atom stereocenters. The fraction of sp³-hybridized carbons (Fsp3) is 0.455. The van der Waals surface area contributed by atoms with Gasteiger partial charge in [-0.15, -0.1) is 0 Å². The molecular formula is C11H13Cl2N.